The van der Waals surface area contributed by atoms with Crippen LogP contribution in [0.2, 0.25) is 0 Å². The van der Waals surface area contributed by atoms with Gasteiger partial charge in [-0.3, -0.25) is 4.79 Å². The number of benzene rings is 2. The summed E-state index contributed by atoms with van der Waals surface area (Å²) in [5.74, 6) is 0.453. The van der Waals surface area contributed by atoms with E-state index >= 15 is 0 Å². The van der Waals surface area contributed by atoms with Crippen molar-refractivity contribution in [3.63, 3.8) is 0 Å². The maximum atomic E-state index is 13.4. The molecule has 3 nitrogen and oxygen atoms in total. The monoisotopic (exact) mass is 507 g/mol. The molecule has 174 valence electrons. The van der Waals surface area contributed by atoms with Crippen LogP contribution in [0.3, 0.4) is 0 Å². The van der Waals surface area contributed by atoms with Gasteiger partial charge in [0.1, 0.15) is 0 Å². The second-order valence-electron chi connectivity index (χ2n) is 10.7. The maximum absolute atomic E-state index is 13.4. The van der Waals surface area contributed by atoms with E-state index in [4.69, 9.17) is 4.74 Å². The standard InChI is InChI=1S/C29H34BrNO2/c1-18(2)19-11-12-22-21(17-19)25-24(20-9-6-7-10-23(20)31(25)16-15-30)26-28(22,3)13-8-14-29(26,4)27(32)33-5/h6-7,9-12,17-18,26H,8,13-16H2,1-5H3/t26-,28-,29-/m1/s1. The van der Waals surface area contributed by atoms with Gasteiger partial charge in [0.05, 0.1) is 18.2 Å². The molecular weight excluding hydrogens is 474 g/mol. The van der Waals surface area contributed by atoms with Gasteiger partial charge in [-0.1, -0.05) is 73.5 Å². The van der Waals surface area contributed by atoms with Gasteiger partial charge in [-0.15, -0.1) is 0 Å². The summed E-state index contributed by atoms with van der Waals surface area (Å²) in [6.45, 7) is 9.96. The van der Waals surface area contributed by atoms with E-state index in [0.29, 0.717) is 5.92 Å². The average Bonchev–Trinajstić information content (AvgIpc) is 3.12. The second-order valence-corrected chi connectivity index (χ2v) is 11.5. The Bertz CT molecular complexity index is 1240. The fourth-order valence-corrected chi connectivity index (χ4v) is 7.39. The Morgan fingerprint density at radius 3 is 2.64 bits per heavy atom. The van der Waals surface area contributed by atoms with Crippen LogP contribution in [-0.2, 0) is 21.5 Å². The quantitative estimate of drug-likeness (QED) is 0.269. The zero-order valence-corrected chi connectivity index (χ0v) is 22.0. The highest BCUT2D eigenvalue weighted by Gasteiger charge is 2.58. The molecule has 0 unspecified atom stereocenters. The summed E-state index contributed by atoms with van der Waals surface area (Å²) in [6.07, 6.45) is 2.96. The Morgan fingerprint density at radius 1 is 1.18 bits per heavy atom. The highest BCUT2D eigenvalue weighted by atomic mass is 79.9. The molecule has 1 fully saturated rings. The SMILES string of the molecule is COC(=O)[C@]1(C)CCC[C@]2(C)c3ccc(C(C)C)cc3-c3c(c4ccccc4n3CCBr)[C@@H]12. The maximum Gasteiger partial charge on any atom is 0.312 e. The molecule has 3 aromatic rings. The lowest BCUT2D eigenvalue weighted by molar-refractivity contribution is -0.157. The number of ether oxygens (including phenoxy) is 1. The predicted molar refractivity (Wildman–Crippen MR) is 139 cm³/mol. The van der Waals surface area contributed by atoms with Gasteiger partial charge in [0.25, 0.3) is 0 Å². The first-order valence-corrected chi connectivity index (χ1v) is 13.3. The van der Waals surface area contributed by atoms with Gasteiger partial charge in [-0.25, -0.2) is 0 Å². The number of hydrogen-bond donors (Lipinski definition) is 0. The average molecular weight is 509 g/mol. The third-order valence-corrected chi connectivity index (χ3v) is 8.86. The van der Waals surface area contributed by atoms with Gasteiger partial charge in [0, 0.05) is 39.7 Å². The number of carbonyl (C=O) groups excluding carboxylic acids is 1. The summed E-state index contributed by atoms with van der Waals surface area (Å²) < 4.78 is 7.93. The molecular formula is C29H34BrNO2. The molecule has 1 heterocycles. The Balaban J connectivity index is 1.94. The third-order valence-electron chi connectivity index (χ3n) is 8.51. The number of alkyl halides is 1. The van der Waals surface area contributed by atoms with Gasteiger partial charge in [-0.2, -0.15) is 0 Å². The van der Waals surface area contributed by atoms with E-state index < -0.39 is 5.41 Å². The Hall–Kier alpha value is -2.07. The Labute approximate surface area is 205 Å². The highest BCUT2D eigenvalue weighted by Crippen LogP contribution is 2.65. The van der Waals surface area contributed by atoms with E-state index in [1.165, 1.54) is 38.9 Å². The second kappa shape index (κ2) is 8.01. The molecule has 0 bridgehead atoms. The molecule has 0 spiro atoms. The van der Waals surface area contributed by atoms with Gasteiger partial charge >= 0.3 is 5.97 Å². The minimum Gasteiger partial charge on any atom is -0.469 e. The van der Waals surface area contributed by atoms with E-state index in [1.54, 1.807) is 7.11 Å². The van der Waals surface area contributed by atoms with Crippen LogP contribution >= 0.6 is 15.9 Å². The summed E-state index contributed by atoms with van der Waals surface area (Å²) in [5.41, 5.74) is 7.31. The number of carbonyl (C=O) groups is 1. The number of aryl methyl sites for hydroxylation is 1. The van der Waals surface area contributed by atoms with Crippen LogP contribution in [0.15, 0.2) is 42.5 Å². The molecule has 5 rings (SSSR count). The van der Waals surface area contributed by atoms with Crippen LogP contribution in [0, 0.1) is 5.41 Å². The first-order chi connectivity index (χ1) is 15.8. The normalized spacial score (nSPS) is 26.1. The molecule has 2 aromatic carbocycles. The number of fused-ring (bicyclic) bond motifs is 8. The number of methoxy groups -OCH3 is 1. The topological polar surface area (TPSA) is 31.2 Å². The van der Waals surface area contributed by atoms with Gasteiger partial charge < -0.3 is 9.30 Å². The zero-order valence-electron chi connectivity index (χ0n) is 20.4. The smallest absolute Gasteiger partial charge is 0.312 e. The van der Waals surface area contributed by atoms with Crippen molar-refractivity contribution >= 4 is 32.8 Å². The third kappa shape index (κ3) is 3.09. The fourth-order valence-electron chi connectivity index (χ4n) is 7.04. The first-order valence-electron chi connectivity index (χ1n) is 12.2. The van der Waals surface area contributed by atoms with Crippen molar-refractivity contribution in [1.82, 2.24) is 4.57 Å². The molecule has 0 saturated heterocycles. The Kier molecular flexibility index (Phi) is 5.51. The Morgan fingerprint density at radius 2 is 1.94 bits per heavy atom. The van der Waals surface area contributed by atoms with Crippen LogP contribution in [0.4, 0.5) is 0 Å². The number of halogens is 1. The van der Waals surface area contributed by atoms with Crippen molar-refractivity contribution < 1.29 is 9.53 Å². The van der Waals surface area contributed by atoms with Crippen molar-refractivity contribution in [2.24, 2.45) is 5.41 Å². The molecule has 2 aliphatic carbocycles. The van der Waals surface area contributed by atoms with Crippen LogP contribution in [-0.4, -0.2) is 23.0 Å². The lowest BCUT2D eigenvalue weighted by atomic mass is 9.49. The molecule has 3 atom stereocenters. The molecule has 0 radical (unpaired) electrons. The molecule has 0 amide bonds. The van der Waals surface area contributed by atoms with E-state index in [1.807, 2.05) is 0 Å². The van der Waals surface area contributed by atoms with Crippen molar-refractivity contribution in [1.29, 1.82) is 0 Å². The van der Waals surface area contributed by atoms with Crippen molar-refractivity contribution in [2.75, 3.05) is 12.4 Å². The summed E-state index contributed by atoms with van der Waals surface area (Å²) in [5, 5.41) is 2.16. The molecule has 1 saturated carbocycles. The number of hydrogen-bond acceptors (Lipinski definition) is 2. The lowest BCUT2D eigenvalue weighted by Crippen LogP contribution is -2.50. The number of para-hydroxylation sites is 1. The molecule has 0 N–H and O–H groups in total. The number of nitrogens with zero attached hydrogens (tertiary/aromatic N) is 1. The lowest BCUT2D eigenvalue weighted by Gasteiger charge is -2.54. The van der Waals surface area contributed by atoms with E-state index in [2.05, 4.69) is 90.7 Å². The largest absolute Gasteiger partial charge is 0.469 e. The molecule has 2 aliphatic rings. The van der Waals surface area contributed by atoms with Gasteiger partial charge in [0.2, 0.25) is 0 Å². The van der Waals surface area contributed by atoms with Crippen LogP contribution in [0.25, 0.3) is 22.2 Å². The number of aromatic nitrogens is 1. The summed E-state index contributed by atoms with van der Waals surface area (Å²) in [6, 6.07) is 15.8. The summed E-state index contributed by atoms with van der Waals surface area (Å²) in [7, 11) is 1.54. The van der Waals surface area contributed by atoms with Crippen LogP contribution in [0.1, 0.15) is 75.5 Å². The van der Waals surface area contributed by atoms with Crippen molar-refractivity contribution in [3.8, 4) is 11.3 Å². The van der Waals surface area contributed by atoms with Gasteiger partial charge in [0.15, 0.2) is 0 Å². The van der Waals surface area contributed by atoms with Crippen LogP contribution < -0.4 is 0 Å². The molecule has 0 aliphatic heterocycles. The summed E-state index contributed by atoms with van der Waals surface area (Å²) in [4.78, 5) is 13.4. The molecule has 4 heteroatoms. The van der Waals surface area contributed by atoms with Crippen molar-refractivity contribution in [2.45, 2.75) is 70.8 Å². The van der Waals surface area contributed by atoms with Crippen LogP contribution in [0.5, 0.6) is 0 Å². The van der Waals surface area contributed by atoms with E-state index in [-0.39, 0.29) is 17.3 Å². The number of esters is 1. The minimum atomic E-state index is -0.561. The van der Waals surface area contributed by atoms with E-state index in [9.17, 15) is 4.79 Å². The van der Waals surface area contributed by atoms with E-state index in [0.717, 1.165) is 31.1 Å². The fraction of sp³-hybridized carbons (Fsp3) is 0.483. The summed E-state index contributed by atoms with van der Waals surface area (Å²) >= 11 is 3.70. The predicted octanol–water partition coefficient (Wildman–Crippen LogP) is 7.54. The molecule has 1 aromatic heterocycles. The zero-order chi connectivity index (χ0) is 23.5. The number of rotatable bonds is 4. The minimum absolute atomic E-state index is 0.0695. The first kappa shape index (κ1) is 22.7. The highest BCUT2D eigenvalue weighted by molar-refractivity contribution is 9.09. The van der Waals surface area contributed by atoms with Crippen molar-refractivity contribution in [3.05, 3.63) is 59.2 Å². The molecule has 33 heavy (non-hydrogen) atoms. The van der Waals surface area contributed by atoms with Gasteiger partial charge in [-0.05, 0) is 54.5 Å².